The Balaban J connectivity index is 1.91. The van der Waals surface area contributed by atoms with Gasteiger partial charge in [0.2, 0.25) is 0 Å². The maximum Gasteiger partial charge on any atom is 0.00753 e. The Morgan fingerprint density at radius 2 is 2.50 bits per heavy atom. The van der Waals surface area contributed by atoms with Crippen LogP contribution in [0.3, 0.4) is 0 Å². The van der Waals surface area contributed by atoms with Crippen molar-refractivity contribution >= 4 is 11.8 Å². The quantitative estimate of drug-likeness (QED) is 0.629. The van der Waals surface area contributed by atoms with Gasteiger partial charge in [-0.1, -0.05) is 6.92 Å². The van der Waals surface area contributed by atoms with Gasteiger partial charge in [-0.15, -0.1) is 0 Å². The standard InChI is InChI=1S/C8H17NS/c1-2-10-7-5-8-4-3-6-9-8/h8-9H,2-7H2,1H3/t8-/m0/s1. The summed E-state index contributed by atoms with van der Waals surface area (Å²) >= 11 is 2.05. The Labute approximate surface area is 68.0 Å². The molecule has 1 heterocycles. The Kier molecular flexibility index (Phi) is 4.23. The minimum atomic E-state index is 0.846. The Morgan fingerprint density at radius 3 is 3.10 bits per heavy atom. The lowest BCUT2D eigenvalue weighted by Gasteiger charge is -2.07. The molecule has 0 aliphatic carbocycles. The fourth-order valence-electron chi connectivity index (χ4n) is 1.37. The van der Waals surface area contributed by atoms with Crippen LogP contribution in [-0.4, -0.2) is 24.1 Å². The van der Waals surface area contributed by atoms with Crippen LogP contribution in [0, 0.1) is 0 Å². The molecular weight excluding hydrogens is 142 g/mol. The second-order valence-corrected chi connectivity index (χ2v) is 4.17. The van der Waals surface area contributed by atoms with Gasteiger partial charge in [0.25, 0.3) is 0 Å². The molecule has 0 aromatic heterocycles. The van der Waals surface area contributed by atoms with E-state index in [0.29, 0.717) is 0 Å². The average Bonchev–Trinajstić information content (AvgIpc) is 2.41. The molecule has 1 N–H and O–H groups in total. The fourth-order valence-corrected chi connectivity index (χ4v) is 2.11. The molecule has 1 rings (SSSR count). The van der Waals surface area contributed by atoms with Crippen molar-refractivity contribution in [1.82, 2.24) is 5.32 Å². The van der Waals surface area contributed by atoms with Crippen LogP contribution < -0.4 is 5.32 Å². The van der Waals surface area contributed by atoms with Crippen LogP contribution in [0.25, 0.3) is 0 Å². The van der Waals surface area contributed by atoms with E-state index in [9.17, 15) is 0 Å². The normalized spacial score (nSPS) is 25.5. The van der Waals surface area contributed by atoms with Crippen molar-refractivity contribution in [2.45, 2.75) is 32.2 Å². The van der Waals surface area contributed by atoms with Gasteiger partial charge in [0.15, 0.2) is 0 Å². The van der Waals surface area contributed by atoms with Crippen LogP contribution in [0.5, 0.6) is 0 Å². The Bertz CT molecular complexity index is 79.3. The monoisotopic (exact) mass is 159 g/mol. The van der Waals surface area contributed by atoms with Crippen LogP contribution in [0.1, 0.15) is 26.2 Å². The van der Waals surface area contributed by atoms with Crippen molar-refractivity contribution < 1.29 is 0 Å². The summed E-state index contributed by atoms with van der Waals surface area (Å²) < 4.78 is 0. The first-order valence-corrected chi connectivity index (χ1v) is 5.40. The predicted molar refractivity (Wildman–Crippen MR) is 48.6 cm³/mol. The minimum absolute atomic E-state index is 0.846. The fraction of sp³-hybridized carbons (Fsp3) is 1.00. The van der Waals surface area contributed by atoms with E-state index in [1.54, 1.807) is 0 Å². The van der Waals surface area contributed by atoms with Crippen molar-refractivity contribution in [2.24, 2.45) is 0 Å². The smallest absolute Gasteiger partial charge is 0.00753 e. The molecule has 1 aliphatic rings. The number of hydrogen-bond acceptors (Lipinski definition) is 2. The van der Waals surface area contributed by atoms with Crippen molar-refractivity contribution in [1.29, 1.82) is 0 Å². The third-order valence-electron chi connectivity index (χ3n) is 1.98. The molecule has 0 radical (unpaired) electrons. The maximum atomic E-state index is 3.50. The summed E-state index contributed by atoms with van der Waals surface area (Å²) in [6, 6.07) is 0.846. The van der Waals surface area contributed by atoms with E-state index >= 15 is 0 Å². The highest BCUT2D eigenvalue weighted by molar-refractivity contribution is 7.99. The maximum absolute atomic E-state index is 3.50. The van der Waals surface area contributed by atoms with Crippen molar-refractivity contribution in [3.8, 4) is 0 Å². The van der Waals surface area contributed by atoms with Gasteiger partial charge in [-0.25, -0.2) is 0 Å². The zero-order chi connectivity index (χ0) is 7.23. The molecule has 0 aromatic rings. The van der Waals surface area contributed by atoms with Crippen molar-refractivity contribution in [2.75, 3.05) is 18.1 Å². The minimum Gasteiger partial charge on any atom is -0.314 e. The summed E-state index contributed by atoms with van der Waals surface area (Å²) in [4.78, 5) is 0. The lowest BCUT2D eigenvalue weighted by atomic mass is 10.2. The molecule has 1 saturated heterocycles. The van der Waals surface area contributed by atoms with E-state index in [1.165, 1.54) is 37.3 Å². The van der Waals surface area contributed by atoms with Crippen LogP contribution in [0.15, 0.2) is 0 Å². The summed E-state index contributed by atoms with van der Waals surface area (Å²) in [5.74, 6) is 2.61. The molecule has 1 atom stereocenters. The third-order valence-corrected chi connectivity index (χ3v) is 2.91. The molecule has 0 aromatic carbocycles. The number of rotatable bonds is 4. The van der Waals surface area contributed by atoms with Crippen LogP contribution in [-0.2, 0) is 0 Å². The molecular formula is C8H17NS. The first-order chi connectivity index (χ1) is 4.93. The molecule has 1 aliphatic heterocycles. The summed E-state index contributed by atoms with van der Waals surface area (Å²) in [5, 5.41) is 3.50. The first-order valence-electron chi connectivity index (χ1n) is 4.24. The Morgan fingerprint density at radius 1 is 1.60 bits per heavy atom. The molecule has 0 spiro atoms. The van der Waals surface area contributed by atoms with Gasteiger partial charge in [-0.05, 0) is 37.3 Å². The molecule has 60 valence electrons. The number of nitrogens with one attached hydrogen (secondary N) is 1. The number of thioether (sulfide) groups is 1. The van der Waals surface area contributed by atoms with E-state index in [2.05, 4.69) is 24.0 Å². The topological polar surface area (TPSA) is 12.0 Å². The highest BCUT2D eigenvalue weighted by atomic mass is 32.2. The van der Waals surface area contributed by atoms with Gasteiger partial charge >= 0.3 is 0 Å². The van der Waals surface area contributed by atoms with E-state index < -0.39 is 0 Å². The lowest BCUT2D eigenvalue weighted by Crippen LogP contribution is -2.21. The van der Waals surface area contributed by atoms with Gasteiger partial charge in [0.1, 0.15) is 0 Å². The van der Waals surface area contributed by atoms with E-state index in [0.717, 1.165) is 6.04 Å². The van der Waals surface area contributed by atoms with Gasteiger partial charge in [-0.3, -0.25) is 0 Å². The van der Waals surface area contributed by atoms with Crippen LogP contribution in [0.2, 0.25) is 0 Å². The second-order valence-electron chi connectivity index (χ2n) is 2.78. The second kappa shape index (κ2) is 5.03. The van der Waals surface area contributed by atoms with E-state index in [4.69, 9.17) is 0 Å². The van der Waals surface area contributed by atoms with Gasteiger partial charge in [0, 0.05) is 6.04 Å². The predicted octanol–water partition coefficient (Wildman–Crippen LogP) is 1.88. The molecule has 10 heavy (non-hydrogen) atoms. The van der Waals surface area contributed by atoms with Crippen molar-refractivity contribution in [3.63, 3.8) is 0 Å². The third kappa shape index (κ3) is 2.93. The summed E-state index contributed by atoms with van der Waals surface area (Å²) in [6.45, 7) is 3.48. The molecule has 2 heteroatoms. The highest BCUT2D eigenvalue weighted by Gasteiger charge is 2.12. The van der Waals surface area contributed by atoms with Crippen LogP contribution >= 0.6 is 11.8 Å². The van der Waals surface area contributed by atoms with E-state index in [1.807, 2.05) is 0 Å². The van der Waals surface area contributed by atoms with Crippen LogP contribution in [0.4, 0.5) is 0 Å². The van der Waals surface area contributed by atoms with Gasteiger partial charge in [-0.2, -0.15) is 11.8 Å². The molecule has 0 amide bonds. The summed E-state index contributed by atoms with van der Waals surface area (Å²) in [6.07, 6.45) is 4.17. The van der Waals surface area contributed by atoms with Gasteiger partial charge < -0.3 is 5.32 Å². The largest absolute Gasteiger partial charge is 0.314 e. The zero-order valence-corrected chi connectivity index (χ0v) is 7.54. The van der Waals surface area contributed by atoms with Crippen molar-refractivity contribution in [3.05, 3.63) is 0 Å². The molecule has 1 fully saturated rings. The molecule has 0 bridgehead atoms. The summed E-state index contributed by atoms with van der Waals surface area (Å²) in [7, 11) is 0. The molecule has 1 nitrogen and oxygen atoms in total. The molecule has 0 unspecified atom stereocenters. The van der Waals surface area contributed by atoms with Gasteiger partial charge in [0.05, 0.1) is 0 Å². The molecule has 0 saturated carbocycles. The Hall–Kier alpha value is 0.310. The first kappa shape index (κ1) is 8.41. The summed E-state index contributed by atoms with van der Waals surface area (Å²) in [5.41, 5.74) is 0. The highest BCUT2D eigenvalue weighted by Crippen LogP contribution is 2.11. The average molecular weight is 159 g/mol. The zero-order valence-electron chi connectivity index (χ0n) is 6.73. The van der Waals surface area contributed by atoms with E-state index in [-0.39, 0.29) is 0 Å². The SMILES string of the molecule is CCSCC[C@@H]1CCCN1. The lowest BCUT2D eigenvalue weighted by molar-refractivity contribution is 0.592. The number of hydrogen-bond donors (Lipinski definition) is 1.